The molecule has 1 aromatic heterocycles. The van der Waals surface area contributed by atoms with Gasteiger partial charge >= 0.3 is 0 Å². The van der Waals surface area contributed by atoms with E-state index >= 15 is 0 Å². The SMILES string of the molecule is COCc1ccccc1CNCc1ccc(C(C)(C)C)s1. The molecule has 0 aliphatic heterocycles. The number of thiophene rings is 1. The molecule has 0 radical (unpaired) electrons. The van der Waals surface area contributed by atoms with Crippen LogP contribution in [0.2, 0.25) is 0 Å². The largest absolute Gasteiger partial charge is 0.380 e. The van der Waals surface area contributed by atoms with Gasteiger partial charge in [-0.3, -0.25) is 0 Å². The molecule has 1 aromatic carbocycles. The van der Waals surface area contributed by atoms with Crippen LogP contribution < -0.4 is 5.32 Å². The molecule has 0 bridgehead atoms. The van der Waals surface area contributed by atoms with Crippen LogP contribution >= 0.6 is 11.3 Å². The van der Waals surface area contributed by atoms with Gasteiger partial charge in [-0.1, -0.05) is 45.0 Å². The van der Waals surface area contributed by atoms with Crippen molar-refractivity contribution in [3.63, 3.8) is 0 Å². The molecular weight excluding hydrogens is 278 g/mol. The van der Waals surface area contributed by atoms with Gasteiger partial charge in [-0.2, -0.15) is 0 Å². The van der Waals surface area contributed by atoms with Crippen molar-refractivity contribution >= 4 is 11.3 Å². The Morgan fingerprint density at radius 1 is 1.00 bits per heavy atom. The van der Waals surface area contributed by atoms with E-state index in [2.05, 4.69) is 62.5 Å². The first kappa shape index (κ1) is 16.2. The molecule has 0 fully saturated rings. The van der Waals surface area contributed by atoms with E-state index in [0.717, 1.165) is 13.1 Å². The predicted octanol–water partition coefficient (Wildman–Crippen LogP) is 4.48. The minimum atomic E-state index is 0.244. The summed E-state index contributed by atoms with van der Waals surface area (Å²) < 4.78 is 5.25. The first-order valence-electron chi connectivity index (χ1n) is 7.36. The Morgan fingerprint density at radius 2 is 1.71 bits per heavy atom. The van der Waals surface area contributed by atoms with Gasteiger partial charge in [0.2, 0.25) is 0 Å². The number of hydrogen-bond donors (Lipinski definition) is 1. The van der Waals surface area contributed by atoms with Crippen LogP contribution in [0.3, 0.4) is 0 Å². The van der Waals surface area contributed by atoms with Crippen molar-refractivity contribution in [2.24, 2.45) is 0 Å². The van der Waals surface area contributed by atoms with E-state index < -0.39 is 0 Å². The Bertz CT molecular complexity index is 569. The van der Waals surface area contributed by atoms with E-state index in [4.69, 9.17) is 4.74 Å². The molecule has 1 N–H and O–H groups in total. The highest BCUT2D eigenvalue weighted by Gasteiger charge is 2.15. The van der Waals surface area contributed by atoms with Gasteiger partial charge in [0.05, 0.1) is 6.61 Å². The zero-order valence-corrected chi connectivity index (χ0v) is 14.2. The normalized spacial score (nSPS) is 11.8. The van der Waals surface area contributed by atoms with Crippen LogP contribution in [-0.4, -0.2) is 7.11 Å². The lowest BCUT2D eigenvalue weighted by Crippen LogP contribution is -2.13. The van der Waals surface area contributed by atoms with E-state index in [9.17, 15) is 0 Å². The Morgan fingerprint density at radius 3 is 2.33 bits per heavy atom. The second-order valence-corrected chi connectivity index (χ2v) is 7.49. The summed E-state index contributed by atoms with van der Waals surface area (Å²) in [6.45, 7) is 9.25. The molecule has 0 spiro atoms. The molecule has 0 unspecified atom stereocenters. The molecule has 0 amide bonds. The molecule has 2 aromatic rings. The van der Waals surface area contributed by atoms with Gasteiger partial charge < -0.3 is 10.1 Å². The summed E-state index contributed by atoms with van der Waals surface area (Å²) >= 11 is 1.90. The number of benzene rings is 1. The molecule has 0 saturated carbocycles. The molecule has 114 valence electrons. The van der Waals surface area contributed by atoms with Crippen LogP contribution in [0.25, 0.3) is 0 Å². The summed E-state index contributed by atoms with van der Waals surface area (Å²) in [4.78, 5) is 2.84. The van der Waals surface area contributed by atoms with Gasteiger partial charge in [0.1, 0.15) is 0 Å². The third kappa shape index (κ3) is 4.67. The average Bonchev–Trinajstić information content (AvgIpc) is 2.90. The quantitative estimate of drug-likeness (QED) is 0.849. The van der Waals surface area contributed by atoms with Crippen LogP contribution in [0.4, 0.5) is 0 Å². The Hall–Kier alpha value is -1.16. The minimum Gasteiger partial charge on any atom is -0.380 e. The maximum atomic E-state index is 5.25. The van der Waals surface area contributed by atoms with Crippen LogP contribution in [0, 0.1) is 0 Å². The number of nitrogens with one attached hydrogen (secondary N) is 1. The van der Waals surface area contributed by atoms with Crippen molar-refractivity contribution in [3.8, 4) is 0 Å². The average molecular weight is 303 g/mol. The number of hydrogen-bond acceptors (Lipinski definition) is 3. The molecule has 1 heterocycles. The van der Waals surface area contributed by atoms with Gasteiger partial charge in [-0.15, -0.1) is 11.3 Å². The maximum Gasteiger partial charge on any atom is 0.0716 e. The number of rotatable bonds is 6. The van der Waals surface area contributed by atoms with E-state index in [1.54, 1.807) is 7.11 Å². The fourth-order valence-electron chi connectivity index (χ4n) is 2.22. The topological polar surface area (TPSA) is 21.3 Å². The van der Waals surface area contributed by atoms with E-state index in [-0.39, 0.29) is 5.41 Å². The van der Waals surface area contributed by atoms with Gasteiger partial charge in [0.15, 0.2) is 0 Å². The summed E-state index contributed by atoms with van der Waals surface area (Å²) in [7, 11) is 1.74. The first-order valence-corrected chi connectivity index (χ1v) is 8.18. The predicted molar refractivity (Wildman–Crippen MR) is 90.7 cm³/mol. The molecule has 0 saturated heterocycles. The number of ether oxygens (including phenoxy) is 1. The molecule has 21 heavy (non-hydrogen) atoms. The highest BCUT2D eigenvalue weighted by Crippen LogP contribution is 2.29. The van der Waals surface area contributed by atoms with Gasteiger partial charge in [-0.25, -0.2) is 0 Å². The third-order valence-electron chi connectivity index (χ3n) is 3.43. The van der Waals surface area contributed by atoms with Crippen molar-refractivity contribution in [1.29, 1.82) is 0 Å². The zero-order chi connectivity index (χ0) is 15.3. The molecule has 2 nitrogen and oxygen atoms in total. The second kappa shape index (κ2) is 7.21. The molecular formula is C18H25NOS. The maximum absolute atomic E-state index is 5.25. The summed E-state index contributed by atoms with van der Waals surface area (Å²) in [5.41, 5.74) is 2.81. The van der Waals surface area contributed by atoms with E-state index in [0.29, 0.717) is 6.61 Å². The fraction of sp³-hybridized carbons (Fsp3) is 0.444. The highest BCUT2D eigenvalue weighted by atomic mass is 32.1. The first-order chi connectivity index (χ1) is 10.0. The second-order valence-electron chi connectivity index (χ2n) is 6.32. The van der Waals surface area contributed by atoms with Crippen molar-refractivity contribution in [3.05, 3.63) is 57.3 Å². The lowest BCUT2D eigenvalue weighted by molar-refractivity contribution is 0.184. The molecule has 0 aliphatic rings. The van der Waals surface area contributed by atoms with Crippen LogP contribution in [-0.2, 0) is 29.8 Å². The van der Waals surface area contributed by atoms with Gasteiger partial charge in [0.25, 0.3) is 0 Å². The molecule has 2 rings (SSSR count). The Balaban J connectivity index is 1.91. The monoisotopic (exact) mass is 303 g/mol. The van der Waals surface area contributed by atoms with Crippen molar-refractivity contribution in [1.82, 2.24) is 5.32 Å². The smallest absolute Gasteiger partial charge is 0.0716 e. The zero-order valence-electron chi connectivity index (χ0n) is 13.4. The van der Waals surface area contributed by atoms with Gasteiger partial charge in [0, 0.05) is 30.0 Å². The van der Waals surface area contributed by atoms with E-state index in [1.807, 2.05) is 11.3 Å². The van der Waals surface area contributed by atoms with Crippen LogP contribution in [0.1, 0.15) is 41.7 Å². The summed E-state index contributed by atoms with van der Waals surface area (Å²) in [5.74, 6) is 0. The van der Waals surface area contributed by atoms with Crippen molar-refractivity contribution < 1.29 is 4.74 Å². The van der Waals surface area contributed by atoms with Crippen LogP contribution in [0.15, 0.2) is 36.4 Å². The summed E-state index contributed by atoms with van der Waals surface area (Å²) in [5, 5.41) is 3.54. The highest BCUT2D eigenvalue weighted by molar-refractivity contribution is 7.12. The van der Waals surface area contributed by atoms with E-state index in [1.165, 1.54) is 20.9 Å². The Labute approximate surface area is 132 Å². The molecule has 3 heteroatoms. The third-order valence-corrected chi connectivity index (χ3v) is 4.94. The molecule has 0 atom stereocenters. The summed E-state index contributed by atoms with van der Waals surface area (Å²) in [6, 6.07) is 12.9. The van der Waals surface area contributed by atoms with Crippen LogP contribution in [0.5, 0.6) is 0 Å². The number of methoxy groups -OCH3 is 1. The van der Waals surface area contributed by atoms with Crippen molar-refractivity contribution in [2.75, 3.05) is 7.11 Å². The minimum absolute atomic E-state index is 0.244. The summed E-state index contributed by atoms with van der Waals surface area (Å²) in [6.07, 6.45) is 0. The standard InChI is InChI=1S/C18H25NOS/c1-18(2,3)17-10-9-16(21-17)12-19-11-14-7-5-6-8-15(14)13-20-4/h5-10,19H,11-13H2,1-4H3. The molecule has 0 aliphatic carbocycles. The fourth-order valence-corrected chi connectivity index (χ4v) is 3.26. The van der Waals surface area contributed by atoms with Crippen molar-refractivity contribution in [2.45, 2.75) is 45.9 Å². The lowest BCUT2D eigenvalue weighted by atomic mass is 9.95. The Kier molecular flexibility index (Phi) is 5.57. The van der Waals surface area contributed by atoms with Gasteiger partial charge in [-0.05, 0) is 28.7 Å². The lowest BCUT2D eigenvalue weighted by Gasteiger charge is -2.15.